The van der Waals surface area contributed by atoms with E-state index in [1.807, 2.05) is 43.3 Å². The maximum Gasteiger partial charge on any atom is 0.221 e. The fourth-order valence-electron chi connectivity index (χ4n) is 2.56. The number of nitrogens with one attached hydrogen (secondary N) is 2. The molecule has 0 saturated heterocycles. The first-order valence-electron chi connectivity index (χ1n) is 8.55. The smallest absolute Gasteiger partial charge is 0.221 e. The van der Waals surface area contributed by atoms with Crippen molar-refractivity contribution in [3.63, 3.8) is 0 Å². The first-order chi connectivity index (χ1) is 12.5. The van der Waals surface area contributed by atoms with Crippen LogP contribution in [0.5, 0.6) is 0 Å². The lowest BCUT2D eigenvalue weighted by Gasteiger charge is -2.13. The van der Waals surface area contributed by atoms with Gasteiger partial charge in [-0.25, -0.2) is 0 Å². The molecular formula is C22H25N3O. The molecule has 1 amide bonds. The first kappa shape index (κ1) is 19.2. The highest BCUT2D eigenvalue weighted by molar-refractivity contribution is 5.98. The van der Waals surface area contributed by atoms with Crippen LogP contribution in [-0.4, -0.2) is 11.7 Å². The van der Waals surface area contributed by atoms with E-state index in [1.54, 1.807) is 6.08 Å². The molecule has 0 aliphatic carbocycles. The third-order valence-corrected chi connectivity index (χ3v) is 3.75. The van der Waals surface area contributed by atoms with Gasteiger partial charge in [0, 0.05) is 18.3 Å². The molecule has 4 heteroatoms. The first-order valence-corrected chi connectivity index (χ1v) is 8.55. The summed E-state index contributed by atoms with van der Waals surface area (Å²) in [7, 11) is 0. The lowest BCUT2D eigenvalue weighted by Crippen LogP contribution is -2.20. The Balaban J connectivity index is 2.15. The van der Waals surface area contributed by atoms with Crippen molar-refractivity contribution in [3.05, 3.63) is 84.0 Å². The molecule has 2 aromatic carbocycles. The molecule has 0 radical (unpaired) electrons. The minimum Gasteiger partial charge on any atom is -0.340 e. The fraction of sp³-hybridized carbons (Fsp3) is 0.182. The number of benzene rings is 2. The summed E-state index contributed by atoms with van der Waals surface area (Å²) < 4.78 is 0. The monoisotopic (exact) mass is 347 g/mol. The van der Waals surface area contributed by atoms with Gasteiger partial charge in [0.1, 0.15) is 5.84 Å². The van der Waals surface area contributed by atoms with E-state index in [9.17, 15) is 4.79 Å². The fourth-order valence-corrected chi connectivity index (χ4v) is 2.56. The van der Waals surface area contributed by atoms with Gasteiger partial charge >= 0.3 is 0 Å². The molecular weight excluding hydrogens is 322 g/mol. The van der Waals surface area contributed by atoms with Crippen LogP contribution < -0.4 is 10.6 Å². The van der Waals surface area contributed by atoms with Gasteiger partial charge in [0.25, 0.3) is 0 Å². The number of hydrogen-bond donors (Lipinski definition) is 2. The number of amides is 1. The molecule has 0 heterocycles. The Hall–Kier alpha value is -3.14. The Morgan fingerprint density at radius 2 is 1.96 bits per heavy atom. The van der Waals surface area contributed by atoms with Gasteiger partial charge in [0.15, 0.2) is 0 Å². The Morgan fingerprint density at radius 1 is 1.19 bits per heavy atom. The van der Waals surface area contributed by atoms with Crippen LogP contribution in [-0.2, 0) is 11.3 Å². The summed E-state index contributed by atoms with van der Waals surface area (Å²) in [6.45, 7) is 9.95. The number of carbonyl (C=O) groups is 1. The van der Waals surface area contributed by atoms with Gasteiger partial charge in [-0.1, -0.05) is 54.6 Å². The van der Waals surface area contributed by atoms with Crippen molar-refractivity contribution in [1.29, 1.82) is 0 Å². The second-order valence-corrected chi connectivity index (χ2v) is 5.98. The molecule has 0 unspecified atom stereocenters. The molecule has 2 aromatic rings. The predicted octanol–water partition coefficient (Wildman–Crippen LogP) is 4.69. The van der Waals surface area contributed by atoms with E-state index in [0.29, 0.717) is 12.4 Å². The quantitative estimate of drug-likeness (QED) is 0.588. The molecule has 0 atom stereocenters. The maximum atomic E-state index is 11.3. The zero-order chi connectivity index (χ0) is 18.9. The summed E-state index contributed by atoms with van der Waals surface area (Å²) in [6, 6.07) is 16.0. The number of amidine groups is 1. The van der Waals surface area contributed by atoms with Crippen molar-refractivity contribution >= 4 is 23.1 Å². The zero-order valence-electron chi connectivity index (χ0n) is 15.5. The van der Waals surface area contributed by atoms with Crippen LogP contribution in [0.1, 0.15) is 30.5 Å². The number of rotatable bonds is 6. The van der Waals surface area contributed by atoms with Crippen LogP contribution in [0.4, 0.5) is 5.69 Å². The highest BCUT2D eigenvalue weighted by Crippen LogP contribution is 2.17. The topological polar surface area (TPSA) is 53.5 Å². The molecule has 0 aromatic heterocycles. The average Bonchev–Trinajstić information content (AvgIpc) is 2.62. The Kier molecular flexibility index (Phi) is 6.92. The van der Waals surface area contributed by atoms with Gasteiger partial charge in [0.2, 0.25) is 5.91 Å². The molecule has 26 heavy (non-hydrogen) atoms. The average molecular weight is 347 g/mol. The lowest BCUT2D eigenvalue weighted by molar-refractivity contribution is -0.114. The standard InChI is InChI=1S/C22H25N3O/c1-5-21(19-11-8-12-20(14-19)24-17(4)26)25-22(6-2)23-15-18-10-7-9-16(3)13-18/h5-14H,2,15H2,1,3-4H3,(H,23,25)(H,24,26)/b21-5-. The Morgan fingerprint density at radius 3 is 2.62 bits per heavy atom. The molecule has 0 spiro atoms. The Labute approximate surface area is 155 Å². The van der Waals surface area contributed by atoms with Gasteiger partial charge in [0.05, 0.1) is 6.54 Å². The molecule has 0 aliphatic heterocycles. The number of hydrogen-bond acceptors (Lipinski definition) is 2. The van der Waals surface area contributed by atoms with Gasteiger partial charge in [-0.3, -0.25) is 9.79 Å². The van der Waals surface area contributed by atoms with Gasteiger partial charge in [-0.2, -0.15) is 0 Å². The number of anilines is 1. The zero-order valence-corrected chi connectivity index (χ0v) is 15.5. The number of carbonyl (C=O) groups excluding carboxylic acids is 1. The predicted molar refractivity (Wildman–Crippen MR) is 110 cm³/mol. The van der Waals surface area contributed by atoms with E-state index in [2.05, 4.69) is 47.3 Å². The summed E-state index contributed by atoms with van der Waals surface area (Å²) in [6.07, 6.45) is 3.68. The van der Waals surface area contributed by atoms with Crippen LogP contribution in [0.2, 0.25) is 0 Å². The third-order valence-electron chi connectivity index (χ3n) is 3.75. The summed E-state index contributed by atoms with van der Waals surface area (Å²) >= 11 is 0. The normalized spacial score (nSPS) is 11.8. The molecule has 2 N–H and O–H groups in total. The van der Waals surface area contributed by atoms with E-state index in [4.69, 9.17) is 0 Å². The molecule has 0 bridgehead atoms. The van der Waals surface area contributed by atoms with Crippen molar-refractivity contribution in [2.45, 2.75) is 27.3 Å². The van der Waals surface area contributed by atoms with Crippen LogP contribution in [0.25, 0.3) is 5.70 Å². The van der Waals surface area contributed by atoms with E-state index < -0.39 is 0 Å². The Bertz CT molecular complexity index is 850. The number of nitrogens with zero attached hydrogens (tertiary/aromatic N) is 1. The van der Waals surface area contributed by atoms with Crippen LogP contribution in [0.3, 0.4) is 0 Å². The molecule has 0 aliphatic rings. The number of aliphatic imine (C=N–C) groups is 1. The third kappa shape index (κ3) is 5.74. The van der Waals surface area contributed by atoms with Gasteiger partial charge in [-0.05, 0) is 43.2 Å². The molecule has 4 nitrogen and oxygen atoms in total. The van der Waals surface area contributed by atoms with Crippen molar-refractivity contribution in [3.8, 4) is 0 Å². The molecule has 0 fully saturated rings. The molecule has 0 saturated carbocycles. The van der Waals surface area contributed by atoms with Crippen LogP contribution in [0.15, 0.2) is 72.3 Å². The van der Waals surface area contributed by atoms with Crippen LogP contribution in [0, 0.1) is 6.92 Å². The molecule has 2 rings (SSSR count). The highest BCUT2D eigenvalue weighted by atomic mass is 16.1. The van der Waals surface area contributed by atoms with Crippen LogP contribution >= 0.6 is 0 Å². The largest absolute Gasteiger partial charge is 0.340 e. The summed E-state index contributed by atoms with van der Waals surface area (Å²) in [4.78, 5) is 15.9. The highest BCUT2D eigenvalue weighted by Gasteiger charge is 2.05. The van der Waals surface area contributed by atoms with Gasteiger partial charge in [-0.15, -0.1) is 0 Å². The number of allylic oxidation sites excluding steroid dienone is 1. The van der Waals surface area contributed by atoms with Crippen molar-refractivity contribution < 1.29 is 4.79 Å². The second kappa shape index (κ2) is 9.37. The van der Waals surface area contributed by atoms with Crippen molar-refractivity contribution in [2.24, 2.45) is 4.99 Å². The van der Waals surface area contributed by atoms with Crippen molar-refractivity contribution in [2.75, 3.05) is 5.32 Å². The minimum absolute atomic E-state index is 0.0939. The van der Waals surface area contributed by atoms with E-state index in [1.165, 1.54) is 12.5 Å². The number of aryl methyl sites for hydroxylation is 1. The van der Waals surface area contributed by atoms with E-state index >= 15 is 0 Å². The van der Waals surface area contributed by atoms with E-state index in [0.717, 1.165) is 22.5 Å². The maximum absolute atomic E-state index is 11.3. The lowest BCUT2D eigenvalue weighted by atomic mass is 10.1. The summed E-state index contributed by atoms with van der Waals surface area (Å²) in [5, 5.41) is 6.11. The molecule has 134 valence electrons. The van der Waals surface area contributed by atoms with E-state index in [-0.39, 0.29) is 5.91 Å². The minimum atomic E-state index is -0.0939. The second-order valence-electron chi connectivity index (χ2n) is 5.98. The summed E-state index contributed by atoms with van der Waals surface area (Å²) in [5.41, 5.74) is 4.99. The van der Waals surface area contributed by atoms with Gasteiger partial charge < -0.3 is 10.6 Å². The van der Waals surface area contributed by atoms with Crippen molar-refractivity contribution in [1.82, 2.24) is 5.32 Å². The summed E-state index contributed by atoms with van der Waals surface area (Å²) in [5.74, 6) is 0.605. The SMILES string of the molecule is C=CC(=NCc1cccc(C)c1)N/C(=C\C)c1cccc(NC(C)=O)c1.